The van der Waals surface area contributed by atoms with Crippen molar-refractivity contribution in [1.29, 1.82) is 0 Å². The van der Waals surface area contributed by atoms with E-state index >= 15 is 0 Å². The lowest BCUT2D eigenvalue weighted by atomic mass is 10.1. The highest BCUT2D eigenvalue weighted by Gasteiger charge is 2.37. The van der Waals surface area contributed by atoms with Gasteiger partial charge in [0, 0.05) is 26.9 Å². The first-order chi connectivity index (χ1) is 9.65. The van der Waals surface area contributed by atoms with Crippen molar-refractivity contribution in [2.24, 2.45) is 0 Å². The van der Waals surface area contributed by atoms with Crippen molar-refractivity contribution in [1.82, 2.24) is 0 Å². The highest BCUT2D eigenvalue weighted by atomic mass is 28.4. The molecule has 0 fully saturated rings. The van der Waals surface area contributed by atoms with Crippen LogP contribution in [-0.2, 0) is 19.7 Å². The molecule has 0 radical (unpaired) electrons. The third-order valence-corrected chi connectivity index (χ3v) is 6.26. The zero-order valence-electron chi connectivity index (χ0n) is 12.7. The van der Waals surface area contributed by atoms with Crippen LogP contribution in [0.3, 0.4) is 0 Å². The van der Waals surface area contributed by atoms with Crippen LogP contribution in [0.4, 0.5) is 4.39 Å². The van der Waals surface area contributed by atoms with Crippen LogP contribution in [0.5, 0.6) is 0 Å². The van der Waals surface area contributed by atoms with Crippen molar-refractivity contribution >= 4 is 8.80 Å². The van der Waals surface area contributed by atoms with Crippen LogP contribution < -0.4 is 0 Å². The lowest BCUT2D eigenvalue weighted by Crippen LogP contribution is -2.43. The standard InChI is InChI=1S/C15H25FO3Si/c1-4-19-20(17-2,18-3)12-7-5-6-9-14-10-8-11-15(16)13-14/h8,10-11,13H,4-7,9,12H2,1-3H3. The van der Waals surface area contributed by atoms with Crippen molar-refractivity contribution in [3.63, 3.8) is 0 Å². The van der Waals surface area contributed by atoms with E-state index in [0.717, 1.165) is 37.3 Å². The van der Waals surface area contributed by atoms with E-state index in [4.69, 9.17) is 13.3 Å². The highest BCUT2D eigenvalue weighted by Crippen LogP contribution is 2.19. The van der Waals surface area contributed by atoms with Crippen LogP contribution in [0, 0.1) is 5.82 Å². The van der Waals surface area contributed by atoms with Crippen molar-refractivity contribution in [2.45, 2.75) is 38.7 Å². The van der Waals surface area contributed by atoms with Crippen LogP contribution in [0.15, 0.2) is 24.3 Å². The molecule has 1 aromatic rings. The van der Waals surface area contributed by atoms with Gasteiger partial charge >= 0.3 is 8.80 Å². The lowest BCUT2D eigenvalue weighted by Gasteiger charge is -2.25. The molecular weight excluding hydrogens is 275 g/mol. The maximum atomic E-state index is 13.0. The van der Waals surface area contributed by atoms with Gasteiger partial charge < -0.3 is 13.3 Å². The number of aryl methyl sites for hydroxylation is 1. The van der Waals surface area contributed by atoms with E-state index in [0.29, 0.717) is 6.61 Å². The summed E-state index contributed by atoms with van der Waals surface area (Å²) in [5.74, 6) is -0.163. The summed E-state index contributed by atoms with van der Waals surface area (Å²) in [6.07, 6.45) is 4.00. The molecule has 0 amide bonds. The fourth-order valence-corrected chi connectivity index (χ4v) is 4.32. The maximum absolute atomic E-state index is 13.0. The van der Waals surface area contributed by atoms with E-state index in [2.05, 4.69) is 0 Å². The number of unbranched alkanes of at least 4 members (excludes halogenated alkanes) is 2. The molecule has 0 aliphatic heterocycles. The molecule has 0 bridgehead atoms. The van der Waals surface area contributed by atoms with Crippen molar-refractivity contribution in [2.75, 3.05) is 20.8 Å². The summed E-state index contributed by atoms with van der Waals surface area (Å²) in [7, 11) is 0.860. The average Bonchev–Trinajstić information content (AvgIpc) is 2.46. The van der Waals surface area contributed by atoms with E-state index in [1.54, 1.807) is 26.4 Å². The van der Waals surface area contributed by atoms with E-state index in [1.807, 2.05) is 13.0 Å². The van der Waals surface area contributed by atoms with Crippen molar-refractivity contribution < 1.29 is 17.7 Å². The first-order valence-electron chi connectivity index (χ1n) is 7.14. The Morgan fingerprint density at radius 1 is 1.10 bits per heavy atom. The van der Waals surface area contributed by atoms with Gasteiger partial charge in [-0.25, -0.2) is 4.39 Å². The van der Waals surface area contributed by atoms with Gasteiger partial charge in [0.2, 0.25) is 0 Å². The molecule has 1 aromatic carbocycles. The number of hydrogen-bond acceptors (Lipinski definition) is 3. The molecule has 20 heavy (non-hydrogen) atoms. The molecule has 0 N–H and O–H groups in total. The number of hydrogen-bond donors (Lipinski definition) is 0. The molecule has 1 rings (SSSR count). The van der Waals surface area contributed by atoms with Gasteiger partial charge in [-0.05, 0) is 43.9 Å². The Labute approximate surface area is 122 Å². The predicted octanol–water partition coefficient (Wildman–Crippen LogP) is 3.81. The highest BCUT2D eigenvalue weighted by molar-refractivity contribution is 6.60. The van der Waals surface area contributed by atoms with E-state index in [1.165, 1.54) is 6.07 Å². The normalized spacial score (nSPS) is 11.8. The Morgan fingerprint density at radius 3 is 2.45 bits per heavy atom. The zero-order chi connectivity index (χ0) is 14.8. The summed E-state index contributed by atoms with van der Waals surface area (Å²) in [5, 5.41) is 0. The third-order valence-electron chi connectivity index (χ3n) is 3.32. The largest absolute Gasteiger partial charge is 0.500 e. The van der Waals surface area contributed by atoms with Crippen LogP contribution >= 0.6 is 0 Å². The average molecular weight is 300 g/mol. The first kappa shape index (κ1) is 17.3. The van der Waals surface area contributed by atoms with Gasteiger partial charge in [-0.3, -0.25) is 0 Å². The molecule has 0 aliphatic carbocycles. The summed E-state index contributed by atoms with van der Waals surface area (Å²) in [6, 6.07) is 7.63. The number of rotatable bonds is 10. The number of halogens is 1. The molecule has 114 valence electrons. The van der Waals surface area contributed by atoms with Gasteiger partial charge in [-0.2, -0.15) is 0 Å². The molecule has 0 unspecified atom stereocenters. The SMILES string of the molecule is CCO[Si](CCCCCc1cccc(F)c1)(OC)OC. The molecule has 5 heteroatoms. The van der Waals surface area contributed by atoms with Gasteiger partial charge in [0.25, 0.3) is 0 Å². The monoisotopic (exact) mass is 300 g/mol. The Bertz CT molecular complexity index is 383. The molecule has 0 aliphatic rings. The van der Waals surface area contributed by atoms with Crippen LogP contribution in [0.2, 0.25) is 6.04 Å². The molecule has 0 atom stereocenters. The molecule has 0 saturated carbocycles. The Morgan fingerprint density at radius 2 is 1.85 bits per heavy atom. The van der Waals surface area contributed by atoms with E-state index in [9.17, 15) is 4.39 Å². The van der Waals surface area contributed by atoms with Gasteiger partial charge in [-0.1, -0.05) is 18.6 Å². The summed E-state index contributed by atoms with van der Waals surface area (Å²) >= 11 is 0. The second kappa shape index (κ2) is 9.23. The molecule has 0 spiro atoms. The summed E-state index contributed by atoms with van der Waals surface area (Å²) in [6.45, 7) is 2.56. The topological polar surface area (TPSA) is 27.7 Å². The Balaban J connectivity index is 2.27. The minimum absolute atomic E-state index is 0.163. The van der Waals surface area contributed by atoms with Crippen LogP contribution in [0.1, 0.15) is 31.7 Å². The maximum Gasteiger partial charge on any atom is 0.500 e. The Kier molecular flexibility index (Phi) is 7.99. The molecule has 0 saturated heterocycles. The fraction of sp³-hybridized carbons (Fsp3) is 0.600. The fourth-order valence-electron chi connectivity index (χ4n) is 2.24. The smallest absolute Gasteiger partial charge is 0.377 e. The molecule has 0 aromatic heterocycles. The van der Waals surface area contributed by atoms with Gasteiger partial charge in [-0.15, -0.1) is 0 Å². The third kappa shape index (κ3) is 5.71. The number of benzene rings is 1. The minimum Gasteiger partial charge on any atom is -0.377 e. The second-order valence-corrected chi connectivity index (χ2v) is 7.69. The van der Waals surface area contributed by atoms with Crippen molar-refractivity contribution in [3.05, 3.63) is 35.6 Å². The summed E-state index contributed by atoms with van der Waals surface area (Å²) in [5.41, 5.74) is 1.05. The lowest BCUT2D eigenvalue weighted by molar-refractivity contribution is 0.103. The minimum atomic E-state index is -2.44. The van der Waals surface area contributed by atoms with E-state index < -0.39 is 8.80 Å². The van der Waals surface area contributed by atoms with Gasteiger partial charge in [0.1, 0.15) is 5.82 Å². The van der Waals surface area contributed by atoms with Crippen LogP contribution in [-0.4, -0.2) is 29.6 Å². The predicted molar refractivity (Wildman–Crippen MR) is 80.2 cm³/mol. The quantitative estimate of drug-likeness (QED) is 0.486. The molecule has 3 nitrogen and oxygen atoms in total. The van der Waals surface area contributed by atoms with E-state index in [-0.39, 0.29) is 5.82 Å². The zero-order valence-corrected chi connectivity index (χ0v) is 13.7. The Hall–Kier alpha value is -0.753. The summed E-state index contributed by atoms with van der Waals surface area (Å²) in [4.78, 5) is 0. The molecular formula is C15H25FO3Si. The van der Waals surface area contributed by atoms with Gasteiger partial charge in [0.15, 0.2) is 0 Å². The van der Waals surface area contributed by atoms with Crippen molar-refractivity contribution in [3.8, 4) is 0 Å². The first-order valence-corrected chi connectivity index (χ1v) is 9.07. The van der Waals surface area contributed by atoms with Gasteiger partial charge in [0.05, 0.1) is 0 Å². The van der Waals surface area contributed by atoms with Crippen LogP contribution in [0.25, 0.3) is 0 Å². The molecule has 0 heterocycles. The summed E-state index contributed by atoms with van der Waals surface area (Å²) < 4.78 is 29.6. The second-order valence-electron chi connectivity index (χ2n) is 4.71.